The molecule has 0 saturated carbocycles. The van der Waals surface area contributed by atoms with Crippen LogP contribution in [0, 0.1) is 5.82 Å². The Balaban J connectivity index is 1.31. The number of nitrogens with one attached hydrogen (secondary N) is 2. The van der Waals surface area contributed by atoms with Gasteiger partial charge in [-0.15, -0.1) is 11.8 Å². The summed E-state index contributed by atoms with van der Waals surface area (Å²) in [6.07, 6.45) is 0.564. The number of ether oxygens (including phenoxy) is 2. The summed E-state index contributed by atoms with van der Waals surface area (Å²) in [5.74, 6) is -2.48. The van der Waals surface area contributed by atoms with Gasteiger partial charge in [-0.3, -0.25) is 14.4 Å². The molecule has 5 rings (SSSR count). The largest absolute Gasteiger partial charge is 0.416 e. The van der Waals surface area contributed by atoms with E-state index in [9.17, 15) is 18.8 Å². The molecule has 3 aromatic carbocycles. The van der Waals surface area contributed by atoms with Crippen LogP contribution in [0.15, 0.2) is 65.6 Å². The minimum absolute atomic E-state index is 0.0235. The summed E-state index contributed by atoms with van der Waals surface area (Å²) >= 11 is 8.17. The summed E-state index contributed by atoms with van der Waals surface area (Å²) < 4.78 is 24.6. The van der Waals surface area contributed by atoms with Gasteiger partial charge in [-0.2, -0.15) is 0 Å². The second-order valence-corrected chi connectivity index (χ2v) is 11.2. The molecule has 208 valence electrons. The molecule has 0 aromatic heterocycles. The second-order valence-electron chi connectivity index (χ2n) is 9.76. The molecule has 40 heavy (non-hydrogen) atoms. The molecule has 0 unspecified atom stereocenters. The maximum absolute atomic E-state index is 13.2. The SMILES string of the molecule is C[C@@H](NC(=O)c1ccc(CSc2c(Cl)ccc3c2CCNCC32OC(=O)CCC(=O)O2)cc1)c1ccc(F)cc1. The number of carbonyl (C=O) groups is 3. The van der Waals surface area contributed by atoms with Crippen molar-refractivity contribution >= 4 is 41.2 Å². The quantitative estimate of drug-likeness (QED) is 0.295. The second kappa shape index (κ2) is 12.0. The number of rotatable bonds is 6. The lowest BCUT2D eigenvalue weighted by molar-refractivity contribution is -0.225. The van der Waals surface area contributed by atoms with E-state index in [1.807, 2.05) is 19.1 Å². The fourth-order valence-corrected chi connectivity index (χ4v) is 6.26. The molecule has 0 bridgehead atoms. The summed E-state index contributed by atoms with van der Waals surface area (Å²) in [5, 5.41) is 6.71. The zero-order chi connectivity index (χ0) is 28.3. The molecular formula is C30H28ClFN2O5S. The first-order valence-corrected chi connectivity index (χ1v) is 14.3. The number of thioether (sulfide) groups is 1. The van der Waals surface area contributed by atoms with E-state index in [4.69, 9.17) is 21.1 Å². The predicted molar refractivity (Wildman–Crippen MR) is 149 cm³/mol. The van der Waals surface area contributed by atoms with Gasteiger partial charge in [0.15, 0.2) is 0 Å². The van der Waals surface area contributed by atoms with Crippen LogP contribution in [-0.4, -0.2) is 30.9 Å². The zero-order valence-electron chi connectivity index (χ0n) is 21.8. The molecule has 2 aliphatic rings. The van der Waals surface area contributed by atoms with Gasteiger partial charge in [0.2, 0.25) is 0 Å². The predicted octanol–water partition coefficient (Wildman–Crippen LogP) is 5.44. The van der Waals surface area contributed by atoms with Crippen LogP contribution < -0.4 is 10.6 Å². The Morgan fingerprint density at radius 1 is 1.02 bits per heavy atom. The summed E-state index contributed by atoms with van der Waals surface area (Å²) in [6.45, 7) is 2.60. The highest BCUT2D eigenvalue weighted by Gasteiger charge is 2.46. The molecule has 2 aliphatic heterocycles. The summed E-state index contributed by atoms with van der Waals surface area (Å²) in [7, 11) is 0. The van der Waals surface area contributed by atoms with Gasteiger partial charge >= 0.3 is 11.9 Å². The summed E-state index contributed by atoms with van der Waals surface area (Å²) in [5.41, 5.74) is 3.80. The van der Waals surface area contributed by atoms with E-state index in [2.05, 4.69) is 10.6 Å². The number of esters is 2. The molecule has 1 saturated heterocycles. The minimum Gasteiger partial charge on any atom is -0.416 e. The van der Waals surface area contributed by atoms with Gasteiger partial charge in [0, 0.05) is 21.8 Å². The van der Waals surface area contributed by atoms with Crippen molar-refractivity contribution in [3.63, 3.8) is 0 Å². The third-order valence-electron chi connectivity index (χ3n) is 6.94. The van der Waals surface area contributed by atoms with E-state index in [-0.39, 0.29) is 37.2 Å². The van der Waals surface area contributed by atoms with Crippen molar-refractivity contribution in [2.45, 2.75) is 48.7 Å². The average Bonchev–Trinajstić information content (AvgIpc) is 3.20. The van der Waals surface area contributed by atoms with Crippen LogP contribution >= 0.6 is 23.4 Å². The zero-order valence-corrected chi connectivity index (χ0v) is 23.4. The van der Waals surface area contributed by atoms with Crippen LogP contribution in [0.1, 0.15) is 58.4 Å². The van der Waals surface area contributed by atoms with Crippen LogP contribution in [-0.2, 0) is 37.0 Å². The van der Waals surface area contributed by atoms with E-state index < -0.39 is 17.7 Å². The van der Waals surface area contributed by atoms with E-state index in [0.717, 1.165) is 21.6 Å². The Morgan fingerprint density at radius 3 is 2.38 bits per heavy atom. The molecule has 3 aromatic rings. The number of benzene rings is 3. The molecule has 2 N–H and O–H groups in total. The third kappa shape index (κ3) is 6.16. The molecule has 1 fully saturated rings. The highest BCUT2D eigenvalue weighted by Crippen LogP contribution is 2.42. The Hall–Kier alpha value is -3.40. The van der Waals surface area contributed by atoms with Gasteiger partial charge in [0.1, 0.15) is 5.82 Å². The number of fused-ring (bicyclic) bond motifs is 2. The molecule has 10 heteroatoms. The van der Waals surface area contributed by atoms with Crippen molar-refractivity contribution in [1.82, 2.24) is 10.6 Å². The van der Waals surface area contributed by atoms with Gasteiger partial charge in [0.25, 0.3) is 11.7 Å². The van der Waals surface area contributed by atoms with Crippen molar-refractivity contribution in [2.24, 2.45) is 0 Å². The molecular weight excluding hydrogens is 555 g/mol. The number of halogens is 2. The van der Waals surface area contributed by atoms with Crippen LogP contribution in [0.5, 0.6) is 0 Å². The molecule has 2 heterocycles. The third-order valence-corrected chi connectivity index (χ3v) is 8.60. The van der Waals surface area contributed by atoms with E-state index in [1.54, 1.807) is 36.4 Å². The topological polar surface area (TPSA) is 93.7 Å². The first-order valence-electron chi connectivity index (χ1n) is 13.0. The Morgan fingerprint density at radius 2 is 1.70 bits per heavy atom. The van der Waals surface area contributed by atoms with Gasteiger partial charge in [-0.05, 0) is 73.0 Å². The van der Waals surface area contributed by atoms with Crippen molar-refractivity contribution in [3.8, 4) is 0 Å². The molecule has 0 radical (unpaired) electrons. The average molecular weight is 583 g/mol. The van der Waals surface area contributed by atoms with Gasteiger partial charge in [-0.25, -0.2) is 4.39 Å². The molecule has 7 nitrogen and oxygen atoms in total. The number of hydrogen-bond acceptors (Lipinski definition) is 7. The Bertz CT molecular complexity index is 1410. The van der Waals surface area contributed by atoms with Crippen molar-refractivity contribution in [1.29, 1.82) is 0 Å². The van der Waals surface area contributed by atoms with E-state index in [1.165, 1.54) is 23.9 Å². The fraction of sp³-hybridized carbons (Fsp3) is 0.300. The minimum atomic E-state index is -1.53. The van der Waals surface area contributed by atoms with Crippen LogP contribution in [0.3, 0.4) is 0 Å². The Labute approximate surface area is 240 Å². The normalized spacial score (nSPS) is 17.2. The number of amides is 1. The van der Waals surface area contributed by atoms with Crippen molar-refractivity contribution in [3.05, 3.63) is 99.3 Å². The highest BCUT2D eigenvalue weighted by atomic mass is 35.5. The lowest BCUT2D eigenvalue weighted by atomic mass is 9.98. The Kier molecular flexibility index (Phi) is 8.44. The van der Waals surface area contributed by atoms with Crippen molar-refractivity contribution in [2.75, 3.05) is 13.1 Å². The van der Waals surface area contributed by atoms with Crippen molar-refractivity contribution < 1.29 is 28.2 Å². The standard InChI is InChI=1S/C30H28ClFN2O5S/c1-18(20-6-8-22(32)9-7-20)34-29(37)21-4-2-19(3-5-21)16-40-28-23-14-15-33-17-30(24(23)10-11-25(28)31)38-26(35)12-13-27(36)39-30/h2-11,18,33H,12-17H2,1H3,(H,34,37)/t18-/m1/s1. The van der Waals surface area contributed by atoms with Gasteiger partial charge in [-0.1, -0.05) is 35.9 Å². The number of hydrogen-bond donors (Lipinski definition) is 2. The van der Waals surface area contributed by atoms with Crippen LogP contribution in [0.2, 0.25) is 5.02 Å². The summed E-state index contributed by atoms with van der Waals surface area (Å²) in [4.78, 5) is 38.3. The lowest BCUT2D eigenvalue weighted by Crippen LogP contribution is -2.43. The molecule has 0 aliphatic carbocycles. The van der Waals surface area contributed by atoms with E-state index in [0.29, 0.717) is 34.9 Å². The van der Waals surface area contributed by atoms with E-state index >= 15 is 0 Å². The van der Waals surface area contributed by atoms with Crippen LogP contribution in [0.4, 0.5) is 4.39 Å². The van der Waals surface area contributed by atoms with Gasteiger partial charge in [0.05, 0.1) is 30.5 Å². The lowest BCUT2D eigenvalue weighted by Gasteiger charge is -2.32. The monoisotopic (exact) mass is 582 g/mol. The summed E-state index contributed by atoms with van der Waals surface area (Å²) in [6, 6.07) is 16.6. The first-order chi connectivity index (χ1) is 19.2. The molecule has 1 atom stereocenters. The fourth-order valence-electron chi connectivity index (χ4n) is 4.82. The van der Waals surface area contributed by atoms with Gasteiger partial charge < -0.3 is 20.1 Å². The highest BCUT2D eigenvalue weighted by molar-refractivity contribution is 7.98. The van der Waals surface area contributed by atoms with Crippen LogP contribution in [0.25, 0.3) is 0 Å². The first kappa shape index (κ1) is 28.1. The molecule has 1 spiro atoms. The smallest absolute Gasteiger partial charge is 0.309 e. The maximum Gasteiger partial charge on any atom is 0.309 e. The molecule has 1 amide bonds. The maximum atomic E-state index is 13.2. The number of carbonyl (C=O) groups excluding carboxylic acids is 3.